The summed E-state index contributed by atoms with van der Waals surface area (Å²) in [4.78, 5) is 4.43. The third-order valence-corrected chi connectivity index (χ3v) is 5.54. The first-order chi connectivity index (χ1) is 15.5. The molecule has 3 aromatic carbocycles. The molecule has 0 unspecified atom stereocenters. The van der Waals surface area contributed by atoms with Gasteiger partial charge in [0, 0.05) is 32.4 Å². The van der Waals surface area contributed by atoms with Crippen molar-refractivity contribution in [3.63, 3.8) is 0 Å². The number of aromatic nitrogens is 1. The SMILES string of the molecule is Cc1nc(N)c(C#N)c(-c2cc(Cl)ccc2OCc2cccc(Cl)c2)c1-c1ccccc1. The molecule has 0 aliphatic rings. The van der Waals surface area contributed by atoms with Crippen molar-refractivity contribution in [2.45, 2.75) is 13.5 Å². The van der Waals surface area contributed by atoms with Crippen LogP contribution in [0.4, 0.5) is 5.82 Å². The zero-order valence-corrected chi connectivity index (χ0v) is 18.8. The van der Waals surface area contributed by atoms with Gasteiger partial charge in [-0.05, 0) is 48.4 Å². The lowest BCUT2D eigenvalue weighted by Crippen LogP contribution is -2.05. The second-order valence-corrected chi connectivity index (χ2v) is 8.12. The van der Waals surface area contributed by atoms with Gasteiger partial charge in [0.1, 0.15) is 29.8 Å². The van der Waals surface area contributed by atoms with Crippen LogP contribution in [0.15, 0.2) is 72.8 Å². The van der Waals surface area contributed by atoms with Crippen molar-refractivity contribution in [1.82, 2.24) is 4.98 Å². The Hall–Kier alpha value is -3.52. The summed E-state index contributed by atoms with van der Waals surface area (Å²) in [5, 5.41) is 11.1. The van der Waals surface area contributed by atoms with Crippen LogP contribution >= 0.6 is 23.2 Å². The predicted octanol–water partition coefficient (Wildman–Crippen LogP) is 7.06. The summed E-state index contributed by atoms with van der Waals surface area (Å²) in [6, 6.07) is 24.8. The monoisotopic (exact) mass is 459 g/mol. The highest BCUT2D eigenvalue weighted by molar-refractivity contribution is 6.31. The van der Waals surface area contributed by atoms with Gasteiger partial charge in [-0.3, -0.25) is 0 Å². The maximum atomic E-state index is 9.96. The number of pyridine rings is 1. The van der Waals surface area contributed by atoms with Crippen molar-refractivity contribution in [1.29, 1.82) is 5.26 Å². The van der Waals surface area contributed by atoms with Crippen LogP contribution in [0.2, 0.25) is 10.0 Å². The third kappa shape index (κ3) is 4.40. The Morgan fingerprint density at radius 1 is 0.938 bits per heavy atom. The first-order valence-corrected chi connectivity index (χ1v) is 10.7. The van der Waals surface area contributed by atoms with Crippen LogP contribution in [0.5, 0.6) is 5.75 Å². The van der Waals surface area contributed by atoms with E-state index in [9.17, 15) is 5.26 Å². The summed E-state index contributed by atoms with van der Waals surface area (Å²) in [5.41, 5.74) is 11.1. The fourth-order valence-corrected chi connectivity index (χ4v) is 4.06. The number of halogens is 2. The van der Waals surface area contributed by atoms with Crippen LogP contribution in [0, 0.1) is 18.3 Å². The average Bonchev–Trinajstić information content (AvgIpc) is 2.78. The topological polar surface area (TPSA) is 71.9 Å². The first-order valence-electron chi connectivity index (χ1n) is 9.90. The lowest BCUT2D eigenvalue weighted by atomic mass is 9.89. The molecule has 32 heavy (non-hydrogen) atoms. The molecule has 0 radical (unpaired) electrons. The van der Waals surface area contributed by atoms with Crippen LogP contribution in [0.1, 0.15) is 16.8 Å². The molecule has 0 bridgehead atoms. The number of rotatable bonds is 5. The molecule has 1 heterocycles. The quantitative estimate of drug-likeness (QED) is 0.346. The van der Waals surface area contributed by atoms with Gasteiger partial charge in [0.2, 0.25) is 0 Å². The maximum absolute atomic E-state index is 9.96. The molecule has 158 valence electrons. The Morgan fingerprint density at radius 2 is 1.69 bits per heavy atom. The fourth-order valence-electron chi connectivity index (χ4n) is 3.68. The molecule has 2 N–H and O–H groups in total. The predicted molar refractivity (Wildman–Crippen MR) is 130 cm³/mol. The minimum absolute atomic E-state index is 0.167. The number of nitrogen functional groups attached to an aromatic ring is 1. The summed E-state index contributed by atoms with van der Waals surface area (Å²) in [5.74, 6) is 0.744. The molecule has 0 fully saturated rings. The second-order valence-electron chi connectivity index (χ2n) is 7.24. The minimum Gasteiger partial charge on any atom is -0.488 e. The van der Waals surface area contributed by atoms with Gasteiger partial charge in [-0.25, -0.2) is 4.98 Å². The highest BCUT2D eigenvalue weighted by Crippen LogP contribution is 2.43. The summed E-state index contributed by atoms with van der Waals surface area (Å²) < 4.78 is 6.17. The Labute approximate surface area is 196 Å². The van der Waals surface area contributed by atoms with Crippen LogP contribution in [-0.4, -0.2) is 4.98 Å². The van der Waals surface area contributed by atoms with E-state index < -0.39 is 0 Å². The molecule has 0 spiro atoms. The van der Waals surface area contributed by atoms with E-state index in [0.717, 1.165) is 16.7 Å². The van der Waals surface area contributed by atoms with E-state index in [1.54, 1.807) is 18.2 Å². The number of ether oxygens (including phenoxy) is 1. The number of anilines is 1. The Kier molecular flexibility index (Phi) is 6.32. The highest BCUT2D eigenvalue weighted by Gasteiger charge is 2.22. The van der Waals surface area contributed by atoms with Gasteiger partial charge >= 0.3 is 0 Å². The molecule has 0 saturated heterocycles. The van der Waals surface area contributed by atoms with Gasteiger partial charge in [0.15, 0.2) is 0 Å². The molecule has 4 nitrogen and oxygen atoms in total. The molecule has 0 saturated carbocycles. The largest absolute Gasteiger partial charge is 0.488 e. The van der Waals surface area contributed by atoms with E-state index in [1.165, 1.54) is 0 Å². The van der Waals surface area contributed by atoms with Gasteiger partial charge in [0.25, 0.3) is 0 Å². The van der Waals surface area contributed by atoms with Crippen LogP contribution in [-0.2, 0) is 6.61 Å². The van der Waals surface area contributed by atoms with Crippen molar-refractivity contribution >= 4 is 29.0 Å². The summed E-state index contributed by atoms with van der Waals surface area (Å²) in [7, 11) is 0. The number of hydrogen-bond donors (Lipinski definition) is 1. The van der Waals surface area contributed by atoms with Crippen molar-refractivity contribution < 1.29 is 4.74 Å². The fraction of sp³-hybridized carbons (Fsp3) is 0.0769. The lowest BCUT2D eigenvalue weighted by Gasteiger charge is -2.19. The summed E-state index contributed by atoms with van der Waals surface area (Å²) in [6.07, 6.45) is 0. The summed E-state index contributed by atoms with van der Waals surface area (Å²) in [6.45, 7) is 2.18. The maximum Gasteiger partial charge on any atom is 0.142 e. The van der Waals surface area contributed by atoms with Gasteiger partial charge in [0.05, 0.1) is 0 Å². The van der Waals surface area contributed by atoms with Crippen molar-refractivity contribution in [2.75, 3.05) is 5.73 Å². The van der Waals surface area contributed by atoms with Crippen molar-refractivity contribution in [3.05, 3.63) is 99.7 Å². The van der Waals surface area contributed by atoms with Crippen LogP contribution in [0.3, 0.4) is 0 Å². The van der Waals surface area contributed by atoms with Crippen molar-refractivity contribution in [2.24, 2.45) is 0 Å². The first kappa shape index (κ1) is 21.7. The second kappa shape index (κ2) is 9.32. The molecule has 0 aliphatic heterocycles. The van der Waals surface area contributed by atoms with E-state index in [4.69, 9.17) is 33.7 Å². The number of nitrogens with two attached hydrogens (primary N) is 1. The standard InChI is InChI=1S/C26H19Cl2N3O/c1-16-24(18-7-3-2-4-8-18)25(22(14-29)26(30)31-16)21-13-20(28)10-11-23(21)32-15-17-6-5-9-19(27)12-17/h2-13H,15H2,1H3,(H2,30,31). The van der Waals surface area contributed by atoms with E-state index in [-0.39, 0.29) is 11.4 Å². The molecule has 6 heteroatoms. The van der Waals surface area contributed by atoms with Crippen LogP contribution in [0.25, 0.3) is 22.3 Å². The Bertz CT molecular complexity index is 1330. The molecule has 4 aromatic rings. The minimum atomic E-state index is 0.167. The normalized spacial score (nSPS) is 10.6. The molecular formula is C26H19Cl2N3O. The molecule has 0 aliphatic carbocycles. The highest BCUT2D eigenvalue weighted by atomic mass is 35.5. The van der Waals surface area contributed by atoms with Gasteiger partial charge < -0.3 is 10.5 Å². The zero-order valence-electron chi connectivity index (χ0n) is 17.3. The van der Waals surface area contributed by atoms with Gasteiger partial charge in [-0.15, -0.1) is 0 Å². The van der Waals surface area contributed by atoms with E-state index in [0.29, 0.717) is 39.2 Å². The van der Waals surface area contributed by atoms with E-state index in [2.05, 4.69) is 11.1 Å². The molecule has 4 rings (SSSR count). The smallest absolute Gasteiger partial charge is 0.142 e. The number of nitriles is 1. The molecule has 1 aromatic heterocycles. The van der Waals surface area contributed by atoms with E-state index >= 15 is 0 Å². The van der Waals surface area contributed by atoms with Crippen LogP contribution < -0.4 is 10.5 Å². The van der Waals surface area contributed by atoms with Crippen molar-refractivity contribution in [3.8, 4) is 34.1 Å². The zero-order chi connectivity index (χ0) is 22.7. The average molecular weight is 460 g/mol. The van der Waals surface area contributed by atoms with E-state index in [1.807, 2.05) is 61.5 Å². The summed E-state index contributed by atoms with van der Waals surface area (Å²) >= 11 is 12.5. The number of hydrogen-bond acceptors (Lipinski definition) is 4. The Morgan fingerprint density at radius 3 is 2.41 bits per heavy atom. The number of nitrogens with zero attached hydrogens (tertiary/aromatic N) is 2. The Balaban J connectivity index is 1.92. The molecular weight excluding hydrogens is 441 g/mol. The number of benzene rings is 3. The lowest BCUT2D eigenvalue weighted by molar-refractivity contribution is 0.307. The van der Waals surface area contributed by atoms with Gasteiger partial charge in [-0.2, -0.15) is 5.26 Å². The third-order valence-electron chi connectivity index (χ3n) is 5.07. The van der Waals surface area contributed by atoms with Gasteiger partial charge in [-0.1, -0.05) is 65.7 Å². The molecule has 0 atom stereocenters. The number of aryl methyl sites for hydroxylation is 1. The molecule has 0 amide bonds.